The van der Waals surface area contributed by atoms with Crippen LogP contribution in [0.2, 0.25) is 0 Å². The smallest absolute Gasteiger partial charge is 0.137 e. The van der Waals surface area contributed by atoms with Gasteiger partial charge in [0.05, 0.1) is 5.52 Å². The number of H-pyrrole nitrogens is 1. The minimum atomic E-state index is -0.988. The summed E-state index contributed by atoms with van der Waals surface area (Å²) in [5, 5.41) is 8.79. The van der Waals surface area contributed by atoms with Crippen LogP contribution < -0.4 is 15.4 Å². The lowest BCUT2D eigenvalue weighted by Gasteiger charge is -2.24. The number of hydrogen-bond donors (Lipinski definition) is 3. The van der Waals surface area contributed by atoms with Crippen molar-refractivity contribution in [3.05, 3.63) is 71.9 Å². The molecule has 4 nitrogen and oxygen atoms in total. The van der Waals surface area contributed by atoms with E-state index in [0.29, 0.717) is 5.70 Å². The number of allylic oxidation sites excluding steroid dienone is 2. The maximum Gasteiger partial charge on any atom is 0.137 e. The maximum atomic E-state index is 14.0. The van der Waals surface area contributed by atoms with E-state index in [1.165, 1.54) is 16.3 Å². The van der Waals surface area contributed by atoms with E-state index < -0.39 is 6.17 Å². The van der Waals surface area contributed by atoms with E-state index in [-0.39, 0.29) is 0 Å². The fourth-order valence-corrected chi connectivity index (χ4v) is 4.10. The molecule has 1 heterocycles. The molecule has 0 bridgehead atoms. The van der Waals surface area contributed by atoms with E-state index >= 15 is 0 Å². The van der Waals surface area contributed by atoms with Gasteiger partial charge in [-0.1, -0.05) is 6.07 Å². The molecule has 1 aliphatic carbocycles. The molecule has 0 aliphatic heterocycles. The van der Waals surface area contributed by atoms with Gasteiger partial charge < -0.3 is 20.4 Å². The van der Waals surface area contributed by atoms with E-state index in [9.17, 15) is 4.39 Å². The Morgan fingerprint density at radius 2 is 1.55 bits per heavy atom. The van der Waals surface area contributed by atoms with Crippen molar-refractivity contribution in [3.8, 4) is 11.5 Å². The van der Waals surface area contributed by atoms with Crippen LogP contribution in [0.15, 0.2) is 71.9 Å². The van der Waals surface area contributed by atoms with Crippen LogP contribution >= 0.6 is 0 Å². The van der Waals surface area contributed by atoms with Crippen molar-refractivity contribution in [1.29, 1.82) is 0 Å². The molecule has 1 aromatic heterocycles. The van der Waals surface area contributed by atoms with Crippen LogP contribution in [0.3, 0.4) is 0 Å². The van der Waals surface area contributed by atoms with Gasteiger partial charge in [-0.25, -0.2) is 4.39 Å². The third-order valence-electron chi connectivity index (χ3n) is 5.96. The number of ether oxygens (including phenoxy) is 1. The van der Waals surface area contributed by atoms with Crippen molar-refractivity contribution >= 4 is 33.2 Å². The van der Waals surface area contributed by atoms with Crippen LogP contribution in [-0.2, 0) is 0 Å². The van der Waals surface area contributed by atoms with E-state index in [1.807, 2.05) is 43.4 Å². The average Bonchev–Trinajstić information content (AvgIpc) is 3.10. The largest absolute Gasteiger partial charge is 0.457 e. The van der Waals surface area contributed by atoms with E-state index in [4.69, 9.17) is 4.74 Å². The lowest BCUT2D eigenvalue weighted by molar-refractivity contribution is 0.404. The zero-order chi connectivity index (χ0) is 21.4. The van der Waals surface area contributed by atoms with Gasteiger partial charge in [-0.2, -0.15) is 0 Å². The van der Waals surface area contributed by atoms with E-state index in [1.54, 1.807) is 6.92 Å². The van der Waals surface area contributed by atoms with Crippen molar-refractivity contribution in [2.24, 2.45) is 0 Å². The number of anilines is 2. The molecule has 3 aromatic carbocycles. The standard InChI is InChI=1S/C26H26FN3O/c1-16(27)26(17-4-3-5-17)29-18-6-9-20(10-7-18)31-21-11-13-23-22-12-8-19(28-2)14-24(22)30-25(23)15-21/h6-16,28-30H,3-5H2,1-2H3. The molecule has 5 rings (SSSR count). The van der Waals surface area contributed by atoms with E-state index in [0.717, 1.165) is 53.2 Å². The highest BCUT2D eigenvalue weighted by Crippen LogP contribution is 2.33. The highest BCUT2D eigenvalue weighted by molar-refractivity contribution is 6.08. The molecule has 0 amide bonds. The lowest BCUT2D eigenvalue weighted by Crippen LogP contribution is -2.16. The van der Waals surface area contributed by atoms with Crippen molar-refractivity contribution < 1.29 is 9.13 Å². The lowest BCUT2D eigenvalue weighted by atomic mass is 9.89. The molecular weight excluding hydrogens is 389 g/mol. The fourth-order valence-electron chi connectivity index (χ4n) is 4.10. The highest BCUT2D eigenvalue weighted by Gasteiger charge is 2.19. The monoisotopic (exact) mass is 415 g/mol. The first kappa shape index (κ1) is 19.5. The first-order valence-electron chi connectivity index (χ1n) is 10.7. The first-order valence-corrected chi connectivity index (χ1v) is 10.7. The predicted octanol–water partition coefficient (Wildman–Crippen LogP) is 7.36. The summed E-state index contributed by atoms with van der Waals surface area (Å²) in [5.41, 5.74) is 5.98. The van der Waals surface area contributed by atoms with Crippen LogP contribution in [0.25, 0.3) is 21.8 Å². The second-order valence-electron chi connectivity index (χ2n) is 8.08. The second kappa shape index (κ2) is 7.99. The average molecular weight is 416 g/mol. The third-order valence-corrected chi connectivity index (χ3v) is 5.96. The molecule has 158 valence electrons. The van der Waals surface area contributed by atoms with Gasteiger partial charge in [0.15, 0.2) is 0 Å². The number of aromatic nitrogens is 1. The summed E-state index contributed by atoms with van der Waals surface area (Å²) < 4.78 is 20.1. The number of alkyl halides is 1. The van der Waals surface area contributed by atoms with Crippen LogP contribution in [0.1, 0.15) is 26.2 Å². The quantitative estimate of drug-likeness (QED) is 0.308. The second-order valence-corrected chi connectivity index (χ2v) is 8.08. The van der Waals surface area contributed by atoms with E-state index in [2.05, 4.69) is 39.9 Å². The maximum absolute atomic E-state index is 14.0. The van der Waals surface area contributed by atoms with Crippen LogP contribution in [-0.4, -0.2) is 18.2 Å². The number of halogens is 1. The molecule has 31 heavy (non-hydrogen) atoms. The molecule has 0 radical (unpaired) electrons. The Labute approximate surface area is 181 Å². The summed E-state index contributed by atoms with van der Waals surface area (Å²) in [5.74, 6) is 1.51. The SMILES string of the molecule is CNc1ccc2c(c1)[nH]c1cc(Oc3ccc(NC(=C4CCC4)C(C)F)cc3)ccc12. The summed E-state index contributed by atoms with van der Waals surface area (Å²) >= 11 is 0. The molecule has 0 saturated heterocycles. The zero-order valence-corrected chi connectivity index (χ0v) is 17.8. The molecule has 4 aromatic rings. The normalized spacial score (nSPS) is 14.4. The summed E-state index contributed by atoms with van der Waals surface area (Å²) in [4.78, 5) is 3.47. The number of benzene rings is 3. The number of hydrogen-bond acceptors (Lipinski definition) is 3. The predicted molar refractivity (Wildman–Crippen MR) is 127 cm³/mol. The first-order chi connectivity index (χ1) is 15.1. The zero-order valence-electron chi connectivity index (χ0n) is 17.8. The minimum absolute atomic E-state index is 0.714. The van der Waals surface area contributed by atoms with Crippen molar-refractivity contribution in [1.82, 2.24) is 4.98 Å². The Morgan fingerprint density at radius 3 is 2.19 bits per heavy atom. The molecule has 1 fully saturated rings. The number of rotatable bonds is 6. The molecule has 5 heteroatoms. The van der Waals surface area contributed by atoms with Crippen LogP contribution in [0, 0.1) is 0 Å². The molecule has 1 aliphatic rings. The number of fused-ring (bicyclic) bond motifs is 3. The Bertz CT molecular complexity index is 1270. The van der Waals surface area contributed by atoms with Gasteiger partial charge in [0.25, 0.3) is 0 Å². The molecule has 3 N–H and O–H groups in total. The summed E-state index contributed by atoms with van der Waals surface area (Å²) in [7, 11) is 1.92. The molecular formula is C26H26FN3O. The van der Waals surface area contributed by atoms with Crippen LogP contribution in [0.5, 0.6) is 11.5 Å². The Balaban J connectivity index is 1.35. The van der Waals surface area contributed by atoms with Crippen molar-refractivity contribution in [2.45, 2.75) is 32.4 Å². The van der Waals surface area contributed by atoms with Gasteiger partial charge in [-0.15, -0.1) is 0 Å². The molecule has 0 spiro atoms. The summed E-state index contributed by atoms with van der Waals surface area (Å²) in [6.07, 6.45) is 2.14. The highest BCUT2D eigenvalue weighted by atomic mass is 19.1. The number of nitrogens with one attached hydrogen (secondary N) is 3. The van der Waals surface area contributed by atoms with Gasteiger partial charge in [0.2, 0.25) is 0 Å². The Hall–Kier alpha value is -3.47. The molecule has 1 saturated carbocycles. The Kier molecular flexibility index (Phi) is 5.02. The number of aromatic amines is 1. The molecule has 1 atom stereocenters. The minimum Gasteiger partial charge on any atom is -0.457 e. The third kappa shape index (κ3) is 3.83. The van der Waals surface area contributed by atoms with Gasteiger partial charge in [-0.3, -0.25) is 0 Å². The van der Waals surface area contributed by atoms with Crippen LogP contribution in [0.4, 0.5) is 15.8 Å². The van der Waals surface area contributed by atoms with Gasteiger partial charge in [-0.05, 0) is 80.3 Å². The summed E-state index contributed by atoms with van der Waals surface area (Å²) in [6, 6.07) is 20.1. The van der Waals surface area contributed by atoms with Gasteiger partial charge in [0, 0.05) is 46.5 Å². The van der Waals surface area contributed by atoms with Gasteiger partial charge >= 0.3 is 0 Å². The Morgan fingerprint density at radius 1 is 0.903 bits per heavy atom. The van der Waals surface area contributed by atoms with Crippen molar-refractivity contribution in [3.63, 3.8) is 0 Å². The summed E-state index contributed by atoms with van der Waals surface area (Å²) in [6.45, 7) is 1.59. The topological polar surface area (TPSA) is 49.1 Å². The van der Waals surface area contributed by atoms with Gasteiger partial charge in [0.1, 0.15) is 17.7 Å². The fraction of sp³-hybridized carbons (Fsp3) is 0.231. The molecule has 1 unspecified atom stereocenters. The van der Waals surface area contributed by atoms with Crippen molar-refractivity contribution in [2.75, 3.05) is 17.7 Å².